The molecule has 0 saturated carbocycles. The van der Waals surface area contributed by atoms with Gasteiger partial charge in [-0.2, -0.15) is 0 Å². The van der Waals surface area contributed by atoms with E-state index >= 15 is 0 Å². The van der Waals surface area contributed by atoms with Gasteiger partial charge in [-0.3, -0.25) is 0 Å². The monoisotopic (exact) mass is 355 g/mol. The molecule has 0 N–H and O–H groups in total. The van der Waals surface area contributed by atoms with Gasteiger partial charge in [-0.1, -0.05) is 66.3 Å². The van der Waals surface area contributed by atoms with Crippen LogP contribution in [0, 0.1) is 12.8 Å². The van der Waals surface area contributed by atoms with Gasteiger partial charge < -0.3 is 4.90 Å². The number of allylic oxidation sites excluding steroid dienone is 2. The highest BCUT2D eigenvalue weighted by Crippen LogP contribution is 2.37. The van der Waals surface area contributed by atoms with Crippen LogP contribution in [0.25, 0.3) is 11.1 Å². The fourth-order valence-corrected chi connectivity index (χ4v) is 3.87. The molecule has 0 aliphatic carbocycles. The van der Waals surface area contributed by atoms with Crippen molar-refractivity contribution in [3.63, 3.8) is 0 Å². The van der Waals surface area contributed by atoms with Crippen LogP contribution >= 0.6 is 0 Å². The summed E-state index contributed by atoms with van der Waals surface area (Å²) in [6.07, 6.45) is 12.9. The SMILES string of the molecule is C=CCCC1=CN(c2cccc(-c3cccc(C)c3)c2)C(C=C)[C@H]1/C=C\C. The molecule has 0 fully saturated rings. The highest BCUT2D eigenvalue weighted by molar-refractivity contribution is 5.70. The van der Waals surface area contributed by atoms with E-state index in [-0.39, 0.29) is 6.04 Å². The Labute approximate surface area is 164 Å². The summed E-state index contributed by atoms with van der Waals surface area (Å²) in [4.78, 5) is 2.37. The maximum Gasteiger partial charge on any atom is 0.0614 e. The molecule has 1 heteroatoms. The van der Waals surface area contributed by atoms with E-state index in [9.17, 15) is 0 Å². The van der Waals surface area contributed by atoms with Crippen LogP contribution in [-0.4, -0.2) is 6.04 Å². The topological polar surface area (TPSA) is 3.24 Å². The number of nitrogens with zero attached hydrogens (tertiary/aromatic N) is 1. The third-order valence-electron chi connectivity index (χ3n) is 5.20. The standard InChI is InChI=1S/C26H29N/c1-5-8-13-23-19-27(26(7-3)25(23)11-6-2)24-16-10-15-22(18-24)21-14-9-12-20(4)17-21/h5-7,9-12,14-19,25-26H,1,3,8,13H2,2,4H3/b11-6-/t25-,26?/m0/s1. The average molecular weight is 356 g/mol. The maximum atomic E-state index is 4.13. The lowest BCUT2D eigenvalue weighted by Crippen LogP contribution is -2.29. The Morgan fingerprint density at radius 1 is 1.04 bits per heavy atom. The minimum absolute atomic E-state index is 0.244. The van der Waals surface area contributed by atoms with E-state index in [1.165, 1.54) is 28.0 Å². The Hall–Kier alpha value is -2.80. The van der Waals surface area contributed by atoms with Gasteiger partial charge in [0.1, 0.15) is 0 Å². The van der Waals surface area contributed by atoms with Crippen LogP contribution in [0.2, 0.25) is 0 Å². The van der Waals surface area contributed by atoms with Crippen molar-refractivity contribution in [2.75, 3.05) is 4.90 Å². The molecular formula is C26H29N. The molecule has 2 atom stereocenters. The molecule has 0 radical (unpaired) electrons. The molecule has 2 aromatic rings. The van der Waals surface area contributed by atoms with E-state index in [1.54, 1.807) is 0 Å². The second kappa shape index (κ2) is 8.73. The Bertz CT molecular complexity index is 871. The highest BCUT2D eigenvalue weighted by atomic mass is 15.2. The second-order valence-electron chi connectivity index (χ2n) is 7.14. The first kappa shape index (κ1) is 19.0. The molecule has 0 saturated heterocycles. The number of hydrogen-bond donors (Lipinski definition) is 0. The van der Waals surface area contributed by atoms with Crippen LogP contribution in [0.3, 0.4) is 0 Å². The Morgan fingerprint density at radius 3 is 2.44 bits per heavy atom. The predicted octanol–water partition coefficient (Wildman–Crippen LogP) is 7.08. The number of aryl methyl sites for hydroxylation is 1. The van der Waals surface area contributed by atoms with Gasteiger partial charge in [-0.05, 0) is 55.5 Å². The molecule has 2 aromatic carbocycles. The first-order valence-corrected chi connectivity index (χ1v) is 9.70. The molecule has 1 aliphatic heterocycles. The van der Waals surface area contributed by atoms with E-state index < -0.39 is 0 Å². The van der Waals surface area contributed by atoms with E-state index in [4.69, 9.17) is 0 Å². The zero-order valence-electron chi connectivity index (χ0n) is 16.4. The van der Waals surface area contributed by atoms with Crippen molar-refractivity contribution in [2.45, 2.75) is 32.7 Å². The molecule has 27 heavy (non-hydrogen) atoms. The minimum atomic E-state index is 0.244. The lowest BCUT2D eigenvalue weighted by molar-refractivity contribution is 0.664. The largest absolute Gasteiger partial charge is 0.340 e. The summed E-state index contributed by atoms with van der Waals surface area (Å²) >= 11 is 0. The van der Waals surface area contributed by atoms with Crippen LogP contribution in [0.4, 0.5) is 5.69 Å². The minimum Gasteiger partial charge on any atom is -0.340 e. The van der Waals surface area contributed by atoms with Crippen LogP contribution in [0.5, 0.6) is 0 Å². The van der Waals surface area contributed by atoms with E-state index in [2.05, 4.69) is 105 Å². The van der Waals surface area contributed by atoms with Gasteiger partial charge in [-0.25, -0.2) is 0 Å². The number of hydrogen-bond acceptors (Lipinski definition) is 1. The fraction of sp³-hybridized carbons (Fsp3) is 0.231. The molecule has 3 rings (SSSR count). The van der Waals surface area contributed by atoms with Crippen LogP contribution < -0.4 is 4.90 Å². The number of anilines is 1. The average Bonchev–Trinajstić information content (AvgIpc) is 3.04. The number of benzene rings is 2. The summed E-state index contributed by atoms with van der Waals surface area (Å²) in [5.74, 6) is 0.370. The quantitative estimate of drug-likeness (QED) is 0.480. The molecular weight excluding hydrogens is 326 g/mol. The molecule has 1 unspecified atom stereocenters. The van der Waals surface area contributed by atoms with Gasteiger partial charge in [0.15, 0.2) is 0 Å². The molecule has 0 aromatic heterocycles. The second-order valence-corrected chi connectivity index (χ2v) is 7.14. The number of rotatable bonds is 7. The summed E-state index contributed by atoms with van der Waals surface area (Å²) in [5.41, 5.74) is 6.44. The van der Waals surface area contributed by atoms with E-state index in [0.29, 0.717) is 5.92 Å². The van der Waals surface area contributed by atoms with Crippen LogP contribution in [0.15, 0.2) is 97.8 Å². The summed E-state index contributed by atoms with van der Waals surface area (Å²) in [7, 11) is 0. The predicted molar refractivity (Wildman–Crippen MR) is 119 cm³/mol. The Balaban J connectivity index is 1.98. The molecule has 0 spiro atoms. The highest BCUT2D eigenvalue weighted by Gasteiger charge is 2.31. The third kappa shape index (κ3) is 4.14. The first-order chi connectivity index (χ1) is 13.2. The van der Waals surface area contributed by atoms with Crippen molar-refractivity contribution in [1.82, 2.24) is 0 Å². The molecule has 1 nitrogen and oxygen atoms in total. The van der Waals surface area contributed by atoms with Crippen molar-refractivity contribution < 1.29 is 0 Å². The Kier molecular flexibility index (Phi) is 6.13. The zero-order valence-corrected chi connectivity index (χ0v) is 16.4. The summed E-state index contributed by atoms with van der Waals surface area (Å²) in [6, 6.07) is 17.7. The summed E-state index contributed by atoms with van der Waals surface area (Å²) < 4.78 is 0. The normalized spacial score (nSPS) is 19.3. The van der Waals surface area contributed by atoms with E-state index in [1.807, 2.05) is 6.08 Å². The van der Waals surface area contributed by atoms with Crippen LogP contribution in [0.1, 0.15) is 25.3 Å². The van der Waals surface area contributed by atoms with Crippen molar-refractivity contribution in [3.8, 4) is 11.1 Å². The van der Waals surface area contributed by atoms with Crippen molar-refractivity contribution in [3.05, 3.63) is 103 Å². The van der Waals surface area contributed by atoms with Crippen LogP contribution in [-0.2, 0) is 0 Å². The molecule has 1 heterocycles. The van der Waals surface area contributed by atoms with E-state index in [0.717, 1.165) is 12.8 Å². The Morgan fingerprint density at radius 2 is 1.78 bits per heavy atom. The lowest BCUT2D eigenvalue weighted by Gasteiger charge is -2.27. The van der Waals surface area contributed by atoms with Gasteiger partial charge >= 0.3 is 0 Å². The molecule has 1 aliphatic rings. The van der Waals surface area contributed by atoms with Gasteiger partial charge in [-0.15, -0.1) is 13.2 Å². The molecule has 138 valence electrons. The van der Waals surface area contributed by atoms with Gasteiger partial charge in [0.25, 0.3) is 0 Å². The molecule has 0 bridgehead atoms. The third-order valence-corrected chi connectivity index (χ3v) is 5.20. The summed E-state index contributed by atoms with van der Waals surface area (Å²) in [5, 5.41) is 0. The fourth-order valence-electron chi connectivity index (χ4n) is 3.87. The van der Waals surface area contributed by atoms with Crippen molar-refractivity contribution >= 4 is 5.69 Å². The van der Waals surface area contributed by atoms with Gasteiger partial charge in [0.2, 0.25) is 0 Å². The van der Waals surface area contributed by atoms with Gasteiger partial charge in [0, 0.05) is 17.8 Å². The van der Waals surface area contributed by atoms with Crippen molar-refractivity contribution in [1.29, 1.82) is 0 Å². The van der Waals surface area contributed by atoms with Gasteiger partial charge in [0.05, 0.1) is 6.04 Å². The lowest BCUT2D eigenvalue weighted by atomic mass is 9.91. The zero-order chi connectivity index (χ0) is 19.2. The maximum absolute atomic E-state index is 4.13. The molecule has 0 amide bonds. The smallest absolute Gasteiger partial charge is 0.0614 e. The summed E-state index contributed by atoms with van der Waals surface area (Å²) in [6.45, 7) is 12.2. The van der Waals surface area contributed by atoms with Crippen molar-refractivity contribution in [2.24, 2.45) is 5.92 Å². The first-order valence-electron chi connectivity index (χ1n) is 9.70.